The number of azo groups is 1. The summed E-state index contributed by atoms with van der Waals surface area (Å²) in [5.74, 6) is -0.399. The molecule has 28 heavy (non-hydrogen) atoms. The highest BCUT2D eigenvalue weighted by molar-refractivity contribution is 5.86. The lowest BCUT2D eigenvalue weighted by Gasteiger charge is -2.19. The number of likely N-dealkylation sites (N-methyl/N-ethyl adjacent to an activating group) is 1. The first-order chi connectivity index (χ1) is 13.4. The van der Waals surface area contributed by atoms with E-state index in [4.69, 9.17) is 15.3 Å². The molecule has 0 aromatic heterocycles. The maximum absolute atomic E-state index is 11.4. The van der Waals surface area contributed by atoms with Crippen molar-refractivity contribution in [3.05, 3.63) is 65.7 Å². The van der Waals surface area contributed by atoms with Crippen LogP contribution in [0.1, 0.15) is 18.1 Å². The van der Waals surface area contributed by atoms with Crippen molar-refractivity contribution >= 4 is 23.0 Å². The Balaban J connectivity index is 2.00. The quantitative estimate of drug-likeness (QED) is 0.406. The molecular formula is C21H19N5O2. The average molecular weight is 373 g/mol. The third-order valence-electron chi connectivity index (χ3n) is 3.82. The smallest absolute Gasteiger partial charge is 0.333 e. The maximum Gasteiger partial charge on any atom is 0.333 e. The molecule has 0 saturated carbocycles. The number of esters is 1. The molecule has 0 heterocycles. The van der Waals surface area contributed by atoms with E-state index in [0.717, 1.165) is 5.69 Å². The second kappa shape index (κ2) is 9.65. The van der Waals surface area contributed by atoms with Crippen molar-refractivity contribution in [1.29, 1.82) is 10.5 Å². The summed E-state index contributed by atoms with van der Waals surface area (Å²) in [5.41, 5.74) is 3.03. The minimum absolute atomic E-state index is 0.263. The topological polar surface area (TPSA) is 102 Å². The standard InChI is InChI=1S/C21H19N5O2/c1-15(2)21(27)28-11-10-26(3)19-7-5-18(6-8-19)24-25-20-9-4-16(13-22)12-17(20)14-23/h4-9,12H,1,10-11H2,2-3H3. The van der Waals surface area contributed by atoms with Gasteiger partial charge < -0.3 is 9.64 Å². The summed E-state index contributed by atoms with van der Waals surface area (Å²) in [7, 11) is 1.89. The molecule has 2 rings (SSSR count). The normalized spacial score (nSPS) is 10.1. The van der Waals surface area contributed by atoms with Gasteiger partial charge in [0.25, 0.3) is 0 Å². The fourth-order valence-electron chi connectivity index (χ4n) is 2.20. The van der Waals surface area contributed by atoms with Gasteiger partial charge in [-0.3, -0.25) is 0 Å². The highest BCUT2D eigenvalue weighted by Crippen LogP contribution is 2.24. The SMILES string of the molecule is C=C(C)C(=O)OCCN(C)c1ccc(N=Nc2ccc(C#N)cc2C#N)cc1. The lowest BCUT2D eigenvalue weighted by molar-refractivity contribution is -0.138. The molecule has 0 fully saturated rings. The van der Waals surface area contributed by atoms with E-state index in [-0.39, 0.29) is 6.61 Å². The monoisotopic (exact) mass is 373 g/mol. The minimum atomic E-state index is -0.399. The summed E-state index contributed by atoms with van der Waals surface area (Å²) in [6.45, 7) is 5.95. The molecule has 7 nitrogen and oxygen atoms in total. The molecule has 0 atom stereocenters. The van der Waals surface area contributed by atoms with Gasteiger partial charge in [-0.15, -0.1) is 5.11 Å². The number of hydrogen-bond donors (Lipinski definition) is 0. The van der Waals surface area contributed by atoms with Crippen LogP contribution < -0.4 is 4.90 Å². The van der Waals surface area contributed by atoms with Gasteiger partial charge in [-0.05, 0) is 49.4 Å². The highest BCUT2D eigenvalue weighted by Gasteiger charge is 2.06. The number of carbonyl (C=O) groups excluding carboxylic acids is 1. The molecule has 0 N–H and O–H groups in total. The van der Waals surface area contributed by atoms with Crippen LogP contribution in [0.4, 0.5) is 17.1 Å². The maximum atomic E-state index is 11.4. The van der Waals surface area contributed by atoms with E-state index in [9.17, 15) is 4.79 Å². The predicted molar refractivity (Wildman–Crippen MR) is 106 cm³/mol. The van der Waals surface area contributed by atoms with E-state index in [1.54, 1.807) is 31.2 Å². The molecule has 0 amide bonds. The minimum Gasteiger partial charge on any atom is -0.460 e. The van der Waals surface area contributed by atoms with Gasteiger partial charge in [-0.25, -0.2) is 4.79 Å². The van der Waals surface area contributed by atoms with Crippen LogP contribution in [0.3, 0.4) is 0 Å². The van der Waals surface area contributed by atoms with Gasteiger partial charge in [0.1, 0.15) is 18.4 Å². The summed E-state index contributed by atoms with van der Waals surface area (Å²) in [6, 6.07) is 16.0. The first-order valence-electron chi connectivity index (χ1n) is 8.44. The van der Waals surface area contributed by atoms with Crippen molar-refractivity contribution in [1.82, 2.24) is 0 Å². The van der Waals surface area contributed by atoms with Crippen LogP contribution in [0.5, 0.6) is 0 Å². The third kappa shape index (κ3) is 5.52. The van der Waals surface area contributed by atoms with Gasteiger partial charge in [0, 0.05) is 18.3 Å². The number of hydrogen-bond acceptors (Lipinski definition) is 7. The van der Waals surface area contributed by atoms with Crippen LogP contribution in [-0.4, -0.2) is 26.2 Å². The molecule has 2 aromatic rings. The average Bonchev–Trinajstić information content (AvgIpc) is 2.72. The Hall–Kier alpha value is -3.97. The van der Waals surface area contributed by atoms with Crippen molar-refractivity contribution in [3.8, 4) is 12.1 Å². The summed E-state index contributed by atoms with van der Waals surface area (Å²) in [5, 5.41) is 26.3. The number of rotatable bonds is 7. The Bertz CT molecular complexity index is 981. The zero-order chi connectivity index (χ0) is 20.5. The molecule has 2 aromatic carbocycles. The fraction of sp³-hybridized carbons (Fsp3) is 0.190. The number of nitriles is 2. The van der Waals surface area contributed by atoms with Crippen LogP contribution in [-0.2, 0) is 9.53 Å². The summed E-state index contributed by atoms with van der Waals surface area (Å²) in [4.78, 5) is 13.3. The molecule has 140 valence electrons. The number of nitrogens with zero attached hydrogens (tertiary/aromatic N) is 5. The van der Waals surface area contributed by atoms with E-state index >= 15 is 0 Å². The molecular weight excluding hydrogens is 354 g/mol. The Morgan fingerprint density at radius 1 is 1.14 bits per heavy atom. The molecule has 0 radical (unpaired) electrons. The molecule has 0 aliphatic rings. The van der Waals surface area contributed by atoms with Gasteiger partial charge >= 0.3 is 5.97 Å². The van der Waals surface area contributed by atoms with Crippen molar-refractivity contribution in [3.63, 3.8) is 0 Å². The predicted octanol–water partition coefficient (Wildman–Crippen LogP) is 4.40. The van der Waals surface area contributed by atoms with Crippen LogP contribution in [0.25, 0.3) is 0 Å². The van der Waals surface area contributed by atoms with Gasteiger partial charge in [-0.1, -0.05) is 6.58 Å². The van der Waals surface area contributed by atoms with E-state index in [1.807, 2.05) is 36.2 Å². The van der Waals surface area contributed by atoms with Crippen LogP contribution in [0, 0.1) is 22.7 Å². The third-order valence-corrected chi connectivity index (χ3v) is 3.82. The number of carbonyl (C=O) groups is 1. The van der Waals surface area contributed by atoms with E-state index < -0.39 is 5.97 Å². The van der Waals surface area contributed by atoms with Crippen molar-refractivity contribution in [2.75, 3.05) is 25.1 Å². The van der Waals surface area contributed by atoms with Crippen LogP contribution >= 0.6 is 0 Å². The van der Waals surface area contributed by atoms with Crippen molar-refractivity contribution < 1.29 is 9.53 Å². The van der Waals surface area contributed by atoms with E-state index in [2.05, 4.69) is 16.8 Å². The van der Waals surface area contributed by atoms with Gasteiger partial charge in [-0.2, -0.15) is 15.6 Å². The van der Waals surface area contributed by atoms with Crippen molar-refractivity contribution in [2.24, 2.45) is 10.2 Å². The van der Waals surface area contributed by atoms with Gasteiger partial charge in [0.2, 0.25) is 0 Å². The largest absolute Gasteiger partial charge is 0.460 e. The Morgan fingerprint density at radius 3 is 2.46 bits per heavy atom. The number of anilines is 1. The first-order valence-corrected chi connectivity index (χ1v) is 8.44. The highest BCUT2D eigenvalue weighted by atomic mass is 16.5. The molecule has 0 aliphatic heterocycles. The Kier molecular flexibility index (Phi) is 7.01. The Labute approximate surface area is 163 Å². The zero-order valence-electron chi connectivity index (χ0n) is 15.7. The first kappa shape index (κ1) is 20.3. The fourth-order valence-corrected chi connectivity index (χ4v) is 2.20. The number of ether oxygens (including phenoxy) is 1. The van der Waals surface area contributed by atoms with Crippen molar-refractivity contribution in [2.45, 2.75) is 6.92 Å². The summed E-state index contributed by atoms with van der Waals surface area (Å²) < 4.78 is 5.09. The van der Waals surface area contributed by atoms with Crippen LogP contribution in [0.2, 0.25) is 0 Å². The summed E-state index contributed by atoms with van der Waals surface area (Å²) in [6.07, 6.45) is 0. The molecule has 7 heteroatoms. The lowest BCUT2D eigenvalue weighted by Crippen LogP contribution is -2.23. The van der Waals surface area contributed by atoms with Gasteiger partial charge in [0.05, 0.1) is 29.4 Å². The van der Waals surface area contributed by atoms with E-state index in [1.165, 1.54) is 6.07 Å². The van der Waals surface area contributed by atoms with E-state index in [0.29, 0.717) is 34.6 Å². The zero-order valence-corrected chi connectivity index (χ0v) is 15.7. The molecule has 0 saturated heterocycles. The molecule has 0 aliphatic carbocycles. The van der Waals surface area contributed by atoms with Gasteiger partial charge in [0.15, 0.2) is 0 Å². The molecule has 0 bridgehead atoms. The second-order valence-corrected chi connectivity index (χ2v) is 6.01. The second-order valence-electron chi connectivity index (χ2n) is 6.01. The van der Waals surface area contributed by atoms with Crippen LogP contribution in [0.15, 0.2) is 64.8 Å². The Morgan fingerprint density at radius 2 is 1.86 bits per heavy atom. The number of benzene rings is 2. The molecule has 0 spiro atoms. The molecule has 0 unspecified atom stereocenters. The lowest BCUT2D eigenvalue weighted by atomic mass is 10.1. The summed E-state index contributed by atoms with van der Waals surface area (Å²) >= 11 is 0.